The minimum atomic E-state index is -0.615. The summed E-state index contributed by atoms with van der Waals surface area (Å²) in [5.74, 6) is -1.19. The molecule has 1 amide bonds. The molecule has 2 aromatic carbocycles. The molecule has 0 saturated heterocycles. The number of aryl methyl sites for hydroxylation is 2. The number of non-ortho nitro benzene ring substituents is 1. The molecule has 0 aliphatic rings. The SMILES string of the molecule is Cc1ccc([N+](=O)[O-])cc1NC(=O)COC(=O)c1c(C)[nH]c2ccccc12. The number of anilines is 1. The van der Waals surface area contributed by atoms with Gasteiger partial charge in [0.1, 0.15) is 0 Å². The zero-order valence-corrected chi connectivity index (χ0v) is 14.7. The number of carbonyl (C=O) groups is 2. The van der Waals surface area contributed by atoms with E-state index in [4.69, 9.17) is 4.74 Å². The lowest BCUT2D eigenvalue weighted by molar-refractivity contribution is -0.384. The second kappa shape index (κ2) is 7.28. The Bertz CT molecular complexity index is 1050. The number of nitrogens with one attached hydrogen (secondary N) is 2. The van der Waals surface area contributed by atoms with Gasteiger partial charge in [-0.15, -0.1) is 0 Å². The van der Waals surface area contributed by atoms with Crippen molar-refractivity contribution in [3.05, 3.63) is 69.4 Å². The number of rotatable bonds is 5. The fraction of sp³-hybridized carbons (Fsp3) is 0.158. The molecular weight excluding hydrogens is 350 g/mol. The molecule has 0 spiro atoms. The van der Waals surface area contributed by atoms with E-state index in [9.17, 15) is 19.7 Å². The maximum Gasteiger partial charge on any atom is 0.341 e. The Kier molecular flexibility index (Phi) is 4.89. The maximum atomic E-state index is 12.4. The van der Waals surface area contributed by atoms with E-state index in [0.29, 0.717) is 22.5 Å². The summed E-state index contributed by atoms with van der Waals surface area (Å²) < 4.78 is 5.12. The smallest absolute Gasteiger partial charge is 0.341 e. The van der Waals surface area contributed by atoms with Gasteiger partial charge in [0.25, 0.3) is 11.6 Å². The van der Waals surface area contributed by atoms with Crippen LogP contribution < -0.4 is 5.32 Å². The molecule has 138 valence electrons. The molecule has 3 aromatic rings. The first-order chi connectivity index (χ1) is 12.9. The van der Waals surface area contributed by atoms with Gasteiger partial charge in [-0.3, -0.25) is 14.9 Å². The van der Waals surface area contributed by atoms with E-state index < -0.39 is 23.4 Å². The number of nitro groups is 1. The zero-order chi connectivity index (χ0) is 19.6. The van der Waals surface area contributed by atoms with Crippen molar-refractivity contribution < 1.29 is 19.2 Å². The average molecular weight is 367 g/mol. The summed E-state index contributed by atoms with van der Waals surface area (Å²) in [4.78, 5) is 37.9. The number of hydrogen-bond acceptors (Lipinski definition) is 5. The van der Waals surface area contributed by atoms with Crippen LogP contribution in [0.2, 0.25) is 0 Å². The zero-order valence-electron chi connectivity index (χ0n) is 14.7. The fourth-order valence-corrected chi connectivity index (χ4v) is 2.79. The molecule has 0 aliphatic heterocycles. The third-order valence-electron chi connectivity index (χ3n) is 4.14. The highest BCUT2D eigenvalue weighted by Crippen LogP contribution is 2.23. The van der Waals surface area contributed by atoms with Crippen LogP contribution in [0.25, 0.3) is 10.9 Å². The summed E-state index contributed by atoms with van der Waals surface area (Å²) in [7, 11) is 0. The molecule has 0 bridgehead atoms. The molecule has 1 heterocycles. The van der Waals surface area contributed by atoms with Crippen molar-refractivity contribution in [1.29, 1.82) is 0 Å². The van der Waals surface area contributed by atoms with Gasteiger partial charge in [-0.2, -0.15) is 0 Å². The summed E-state index contributed by atoms with van der Waals surface area (Å²) in [5, 5.41) is 14.1. The van der Waals surface area contributed by atoms with Gasteiger partial charge < -0.3 is 15.0 Å². The predicted octanol–water partition coefficient (Wildman–Crippen LogP) is 3.49. The van der Waals surface area contributed by atoms with E-state index >= 15 is 0 Å². The van der Waals surface area contributed by atoms with E-state index in [1.54, 1.807) is 19.9 Å². The number of amides is 1. The molecule has 8 heteroatoms. The lowest BCUT2D eigenvalue weighted by Gasteiger charge is -2.09. The highest BCUT2D eigenvalue weighted by Gasteiger charge is 2.19. The lowest BCUT2D eigenvalue weighted by Crippen LogP contribution is -2.21. The first kappa shape index (κ1) is 18.1. The predicted molar refractivity (Wildman–Crippen MR) is 99.8 cm³/mol. The Morgan fingerprint density at radius 3 is 2.67 bits per heavy atom. The van der Waals surface area contributed by atoms with Gasteiger partial charge >= 0.3 is 5.97 Å². The number of ether oxygens (including phenoxy) is 1. The van der Waals surface area contributed by atoms with Gasteiger partial charge in [-0.25, -0.2) is 4.79 Å². The minimum Gasteiger partial charge on any atom is -0.452 e. The van der Waals surface area contributed by atoms with Crippen LogP contribution in [0.1, 0.15) is 21.6 Å². The molecule has 0 radical (unpaired) electrons. The number of nitro benzene ring substituents is 1. The van der Waals surface area contributed by atoms with Gasteiger partial charge in [0.15, 0.2) is 6.61 Å². The second-order valence-corrected chi connectivity index (χ2v) is 6.05. The first-order valence-corrected chi connectivity index (χ1v) is 8.16. The number of aromatic nitrogens is 1. The van der Waals surface area contributed by atoms with E-state index in [-0.39, 0.29) is 5.69 Å². The number of aromatic amines is 1. The number of carbonyl (C=O) groups excluding carboxylic acids is 2. The summed E-state index contributed by atoms with van der Waals surface area (Å²) in [6.07, 6.45) is 0. The summed E-state index contributed by atoms with van der Waals surface area (Å²) in [6, 6.07) is 11.4. The molecular formula is C19H17N3O5. The van der Waals surface area contributed by atoms with Crippen LogP contribution in [0.5, 0.6) is 0 Å². The number of benzene rings is 2. The molecule has 0 unspecified atom stereocenters. The molecule has 0 saturated carbocycles. The normalized spacial score (nSPS) is 10.6. The van der Waals surface area contributed by atoms with Gasteiger partial charge in [0.05, 0.1) is 16.2 Å². The average Bonchev–Trinajstić information content (AvgIpc) is 2.97. The monoisotopic (exact) mass is 367 g/mol. The van der Waals surface area contributed by atoms with Crippen molar-refractivity contribution in [2.75, 3.05) is 11.9 Å². The largest absolute Gasteiger partial charge is 0.452 e. The summed E-state index contributed by atoms with van der Waals surface area (Å²) in [5.41, 5.74) is 2.66. The number of hydrogen-bond donors (Lipinski definition) is 2. The number of esters is 1. The topological polar surface area (TPSA) is 114 Å². The Balaban J connectivity index is 1.69. The van der Waals surface area contributed by atoms with Crippen LogP contribution in [0.3, 0.4) is 0 Å². The molecule has 1 aromatic heterocycles. The van der Waals surface area contributed by atoms with Crippen LogP contribution in [0, 0.1) is 24.0 Å². The van der Waals surface area contributed by atoms with Crippen molar-refractivity contribution in [1.82, 2.24) is 4.98 Å². The minimum absolute atomic E-state index is 0.137. The van der Waals surface area contributed by atoms with Crippen LogP contribution in [0.4, 0.5) is 11.4 Å². The van der Waals surface area contributed by atoms with Gasteiger partial charge in [0, 0.05) is 28.7 Å². The number of para-hydroxylation sites is 1. The summed E-state index contributed by atoms with van der Waals surface area (Å²) in [6.45, 7) is 2.96. The van der Waals surface area contributed by atoms with Crippen LogP contribution >= 0.6 is 0 Å². The van der Waals surface area contributed by atoms with E-state index in [1.165, 1.54) is 18.2 Å². The Labute approximate surface area is 154 Å². The number of fused-ring (bicyclic) bond motifs is 1. The summed E-state index contributed by atoms with van der Waals surface area (Å²) >= 11 is 0. The Morgan fingerprint density at radius 1 is 1.19 bits per heavy atom. The number of H-pyrrole nitrogens is 1. The van der Waals surface area contributed by atoms with Crippen LogP contribution in [-0.2, 0) is 9.53 Å². The lowest BCUT2D eigenvalue weighted by atomic mass is 10.1. The van der Waals surface area contributed by atoms with Crippen molar-refractivity contribution in [2.24, 2.45) is 0 Å². The van der Waals surface area contributed by atoms with Crippen molar-refractivity contribution in [3.8, 4) is 0 Å². The van der Waals surface area contributed by atoms with E-state index in [2.05, 4.69) is 10.3 Å². The molecule has 0 aliphatic carbocycles. The molecule has 0 fully saturated rings. The molecule has 0 atom stereocenters. The third-order valence-corrected chi connectivity index (χ3v) is 4.14. The van der Waals surface area contributed by atoms with E-state index in [0.717, 1.165) is 10.9 Å². The van der Waals surface area contributed by atoms with Gasteiger partial charge in [-0.1, -0.05) is 24.3 Å². The quantitative estimate of drug-likeness (QED) is 0.407. The Hall–Kier alpha value is -3.68. The van der Waals surface area contributed by atoms with Crippen molar-refractivity contribution in [3.63, 3.8) is 0 Å². The maximum absolute atomic E-state index is 12.4. The Morgan fingerprint density at radius 2 is 1.93 bits per heavy atom. The standard InChI is InChI=1S/C19H17N3O5/c1-11-7-8-13(22(25)26)9-16(11)21-17(23)10-27-19(24)18-12(2)20-15-6-4-3-5-14(15)18/h3-9,20H,10H2,1-2H3,(H,21,23). The molecule has 2 N–H and O–H groups in total. The van der Waals surface area contributed by atoms with Gasteiger partial charge in [0.2, 0.25) is 0 Å². The first-order valence-electron chi connectivity index (χ1n) is 8.16. The number of nitrogens with zero attached hydrogens (tertiary/aromatic N) is 1. The highest BCUT2D eigenvalue weighted by molar-refractivity contribution is 6.06. The third kappa shape index (κ3) is 3.79. The van der Waals surface area contributed by atoms with E-state index in [1.807, 2.05) is 18.2 Å². The molecule has 3 rings (SSSR count). The van der Waals surface area contributed by atoms with Crippen LogP contribution in [-0.4, -0.2) is 28.4 Å². The van der Waals surface area contributed by atoms with Crippen LogP contribution in [0.15, 0.2) is 42.5 Å². The second-order valence-electron chi connectivity index (χ2n) is 6.05. The van der Waals surface area contributed by atoms with Crippen molar-refractivity contribution >= 4 is 34.2 Å². The molecule has 27 heavy (non-hydrogen) atoms. The fourth-order valence-electron chi connectivity index (χ4n) is 2.79. The highest BCUT2D eigenvalue weighted by atomic mass is 16.6. The molecule has 8 nitrogen and oxygen atoms in total. The van der Waals surface area contributed by atoms with Gasteiger partial charge in [-0.05, 0) is 25.5 Å². The van der Waals surface area contributed by atoms with Crippen molar-refractivity contribution in [2.45, 2.75) is 13.8 Å².